The molecule has 0 saturated carbocycles. The van der Waals surface area contributed by atoms with Crippen molar-refractivity contribution in [3.63, 3.8) is 0 Å². The third kappa shape index (κ3) is 3.97. The second-order valence-electron chi connectivity index (χ2n) is 6.01. The van der Waals surface area contributed by atoms with Crippen LogP contribution in [0.5, 0.6) is 0 Å². The van der Waals surface area contributed by atoms with Crippen LogP contribution in [-0.2, 0) is 4.74 Å². The van der Waals surface area contributed by atoms with E-state index in [9.17, 15) is 9.18 Å². The van der Waals surface area contributed by atoms with E-state index in [0.29, 0.717) is 25.1 Å². The van der Waals surface area contributed by atoms with Crippen LogP contribution in [0.3, 0.4) is 0 Å². The predicted octanol–water partition coefficient (Wildman–Crippen LogP) is 4.50. The Morgan fingerprint density at radius 3 is 2.67 bits per heavy atom. The molecule has 0 spiro atoms. The Morgan fingerprint density at radius 2 is 2.10 bits per heavy atom. The first-order chi connectivity index (χ1) is 9.78. The maximum absolute atomic E-state index is 13.5. The number of carbonyl (C=O) groups is 1. The summed E-state index contributed by atoms with van der Waals surface area (Å²) in [5.41, 5.74) is 1.15. The summed E-state index contributed by atoms with van der Waals surface area (Å²) in [6.07, 6.45) is 2.19. The fraction of sp³-hybridized carbons (Fsp3) is 0.438. The van der Waals surface area contributed by atoms with Gasteiger partial charge < -0.3 is 9.64 Å². The number of hydrogen-bond donors (Lipinski definition) is 0. The molecule has 0 radical (unpaired) electrons. The third-order valence-corrected chi connectivity index (χ3v) is 3.54. The summed E-state index contributed by atoms with van der Waals surface area (Å²) in [6.45, 7) is 6.48. The highest BCUT2D eigenvalue weighted by molar-refractivity contribution is 6.32. The van der Waals surface area contributed by atoms with Crippen molar-refractivity contribution in [2.45, 2.75) is 32.8 Å². The van der Waals surface area contributed by atoms with Gasteiger partial charge in [0.2, 0.25) is 0 Å². The maximum Gasteiger partial charge on any atom is 0.410 e. The molecule has 1 aromatic carbocycles. The van der Waals surface area contributed by atoms with Gasteiger partial charge in [-0.05, 0) is 44.4 Å². The lowest BCUT2D eigenvalue weighted by molar-refractivity contribution is 0.0270. The lowest BCUT2D eigenvalue weighted by Gasteiger charge is -2.29. The Hall–Kier alpha value is -1.55. The number of amides is 1. The molecule has 1 aromatic rings. The van der Waals surface area contributed by atoms with Crippen molar-refractivity contribution >= 4 is 23.3 Å². The normalized spacial score (nSPS) is 15.7. The summed E-state index contributed by atoms with van der Waals surface area (Å²) in [6, 6.07) is 4.76. The molecule has 1 aliphatic heterocycles. The lowest BCUT2D eigenvalue weighted by Crippen LogP contribution is -2.39. The van der Waals surface area contributed by atoms with Crippen molar-refractivity contribution in [1.29, 1.82) is 0 Å². The number of halogens is 2. The second kappa shape index (κ2) is 6.06. The van der Waals surface area contributed by atoms with Gasteiger partial charge in [-0.15, -0.1) is 0 Å². The van der Waals surface area contributed by atoms with Gasteiger partial charge in [0.15, 0.2) is 0 Å². The van der Waals surface area contributed by atoms with Crippen LogP contribution in [0, 0.1) is 5.82 Å². The van der Waals surface area contributed by atoms with Crippen LogP contribution in [0.4, 0.5) is 9.18 Å². The van der Waals surface area contributed by atoms with Crippen LogP contribution in [0.1, 0.15) is 32.8 Å². The average molecular weight is 312 g/mol. The van der Waals surface area contributed by atoms with Gasteiger partial charge >= 0.3 is 6.09 Å². The molecule has 1 aliphatic rings. The molecule has 114 valence electrons. The van der Waals surface area contributed by atoms with E-state index in [1.54, 1.807) is 17.0 Å². The zero-order chi connectivity index (χ0) is 15.6. The Bertz CT molecular complexity index is 578. The van der Waals surface area contributed by atoms with E-state index in [1.807, 2.05) is 26.8 Å². The molecule has 3 nitrogen and oxygen atoms in total. The third-order valence-electron chi connectivity index (χ3n) is 3.16. The predicted molar refractivity (Wildman–Crippen MR) is 81.8 cm³/mol. The Labute approximate surface area is 129 Å². The van der Waals surface area contributed by atoms with Gasteiger partial charge in [0.25, 0.3) is 0 Å². The second-order valence-corrected chi connectivity index (χ2v) is 6.39. The van der Waals surface area contributed by atoms with Gasteiger partial charge in [0.1, 0.15) is 11.4 Å². The summed E-state index contributed by atoms with van der Waals surface area (Å²) in [4.78, 5) is 13.6. The minimum Gasteiger partial charge on any atom is -0.444 e. The van der Waals surface area contributed by atoms with E-state index in [2.05, 4.69) is 0 Å². The van der Waals surface area contributed by atoms with Crippen LogP contribution in [0.15, 0.2) is 24.3 Å². The fourth-order valence-electron chi connectivity index (χ4n) is 2.16. The number of rotatable bonds is 1. The van der Waals surface area contributed by atoms with Gasteiger partial charge in [0.05, 0.1) is 5.02 Å². The average Bonchev–Trinajstić information content (AvgIpc) is 2.40. The minimum absolute atomic E-state index is 0.134. The smallest absolute Gasteiger partial charge is 0.410 e. The summed E-state index contributed by atoms with van der Waals surface area (Å²) in [7, 11) is 0. The largest absolute Gasteiger partial charge is 0.444 e. The standard InChI is InChI=1S/C16H19ClFNO2/c1-16(2,3)21-15(20)19-9-7-11(8-10-19)12-5-4-6-13(18)14(12)17/h4-7H,8-10H2,1-3H3. The van der Waals surface area contributed by atoms with Crippen molar-refractivity contribution in [1.82, 2.24) is 4.90 Å². The molecule has 0 N–H and O–H groups in total. The molecule has 0 aliphatic carbocycles. The van der Waals surface area contributed by atoms with E-state index in [4.69, 9.17) is 16.3 Å². The SMILES string of the molecule is CC(C)(C)OC(=O)N1CC=C(c2cccc(F)c2Cl)CC1. The molecule has 0 saturated heterocycles. The highest BCUT2D eigenvalue weighted by atomic mass is 35.5. The van der Waals surface area contributed by atoms with Gasteiger partial charge in [-0.25, -0.2) is 9.18 Å². The number of ether oxygens (including phenoxy) is 1. The number of hydrogen-bond acceptors (Lipinski definition) is 2. The molecule has 0 unspecified atom stereocenters. The molecule has 5 heteroatoms. The summed E-state index contributed by atoms with van der Waals surface area (Å²) in [5, 5.41) is 0.134. The molecule has 0 atom stereocenters. The zero-order valence-corrected chi connectivity index (χ0v) is 13.2. The summed E-state index contributed by atoms with van der Waals surface area (Å²) in [5.74, 6) is -0.426. The monoisotopic (exact) mass is 311 g/mol. The van der Waals surface area contributed by atoms with E-state index >= 15 is 0 Å². The van der Waals surface area contributed by atoms with Crippen molar-refractivity contribution < 1.29 is 13.9 Å². The Kier molecular flexibility index (Phi) is 4.57. The number of nitrogens with zero attached hydrogens (tertiary/aromatic N) is 1. The van der Waals surface area contributed by atoms with Crippen LogP contribution in [0.2, 0.25) is 5.02 Å². The van der Waals surface area contributed by atoms with Crippen molar-refractivity contribution in [3.05, 3.63) is 40.7 Å². The lowest BCUT2D eigenvalue weighted by atomic mass is 9.99. The molecule has 21 heavy (non-hydrogen) atoms. The Morgan fingerprint density at radius 1 is 1.38 bits per heavy atom. The zero-order valence-electron chi connectivity index (χ0n) is 12.5. The molecular formula is C16H19ClFNO2. The van der Waals surface area contributed by atoms with Crippen molar-refractivity contribution in [2.75, 3.05) is 13.1 Å². The Balaban J connectivity index is 2.09. The van der Waals surface area contributed by atoms with Crippen molar-refractivity contribution in [3.8, 4) is 0 Å². The van der Waals surface area contributed by atoms with Crippen LogP contribution in [-0.4, -0.2) is 29.7 Å². The first kappa shape index (κ1) is 15.8. The summed E-state index contributed by atoms with van der Waals surface area (Å²) >= 11 is 5.99. The topological polar surface area (TPSA) is 29.5 Å². The van der Waals surface area contributed by atoms with E-state index in [0.717, 1.165) is 5.57 Å². The van der Waals surface area contributed by atoms with Gasteiger partial charge in [-0.3, -0.25) is 0 Å². The highest BCUT2D eigenvalue weighted by Crippen LogP contribution is 2.30. The minimum atomic E-state index is -0.507. The van der Waals surface area contributed by atoms with Crippen LogP contribution in [0.25, 0.3) is 5.57 Å². The molecule has 2 rings (SSSR count). The quantitative estimate of drug-likeness (QED) is 0.764. The number of carbonyl (C=O) groups excluding carboxylic acids is 1. The van der Waals surface area contributed by atoms with Gasteiger partial charge in [-0.2, -0.15) is 0 Å². The first-order valence-electron chi connectivity index (χ1n) is 6.89. The van der Waals surface area contributed by atoms with Gasteiger partial charge in [-0.1, -0.05) is 29.8 Å². The molecular weight excluding hydrogens is 293 g/mol. The fourth-order valence-corrected chi connectivity index (χ4v) is 2.41. The van der Waals surface area contributed by atoms with Crippen LogP contribution < -0.4 is 0 Å². The van der Waals surface area contributed by atoms with Crippen LogP contribution >= 0.6 is 11.6 Å². The molecule has 1 heterocycles. The number of benzene rings is 1. The summed E-state index contributed by atoms with van der Waals surface area (Å²) < 4.78 is 18.8. The van der Waals surface area contributed by atoms with E-state index in [-0.39, 0.29) is 11.1 Å². The molecule has 0 bridgehead atoms. The highest BCUT2D eigenvalue weighted by Gasteiger charge is 2.24. The van der Waals surface area contributed by atoms with E-state index < -0.39 is 11.4 Å². The maximum atomic E-state index is 13.5. The van der Waals surface area contributed by atoms with Crippen molar-refractivity contribution in [2.24, 2.45) is 0 Å². The van der Waals surface area contributed by atoms with Gasteiger partial charge in [0, 0.05) is 13.1 Å². The molecule has 0 fully saturated rings. The molecule has 1 amide bonds. The first-order valence-corrected chi connectivity index (χ1v) is 7.27. The molecule has 0 aromatic heterocycles. The van der Waals surface area contributed by atoms with E-state index in [1.165, 1.54) is 6.07 Å².